The summed E-state index contributed by atoms with van der Waals surface area (Å²) in [5, 5.41) is 3.18. The Balaban J connectivity index is 1.65. The zero-order chi connectivity index (χ0) is 16.1. The molecule has 0 bridgehead atoms. The molecule has 0 radical (unpaired) electrons. The number of amides is 2. The van der Waals surface area contributed by atoms with Gasteiger partial charge >= 0.3 is 6.03 Å². The van der Waals surface area contributed by atoms with Crippen LogP contribution in [0.1, 0.15) is 31.5 Å². The van der Waals surface area contributed by atoms with Crippen molar-refractivity contribution in [1.29, 1.82) is 0 Å². The topological polar surface area (TPSA) is 59.4 Å². The fraction of sp³-hybridized carbons (Fsp3) is 0.647. The molecule has 23 heavy (non-hydrogen) atoms. The van der Waals surface area contributed by atoms with Gasteiger partial charge in [-0.3, -0.25) is 0 Å². The van der Waals surface area contributed by atoms with Gasteiger partial charge in [0.25, 0.3) is 0 Å². The van der Waals surface area contributed by atoms with Crippen LogP contribution in [0.5, 0.6) is 0 Å². The number of carbonyl (C=O) groups is 1. The molecule has 2 amide bonds. The third kappa shape index (κ3) is 4.13. The predicted molar refractivity (Wildman–Crippen MR) is 87.9 cm³/mol. The molecule has 3 rings (SSSR count). The second-order valence-corrected chi connectivity index (χ2v) is 6.50. The first-order valence-electron chi connectivity index (χ1n) is 8.50. The maximum Gasteiger partial charge on any atom is 0.318 e. The van der Waals surface area contributed by atoms with Gasteiger partial charge in [-0.25, -0.2) is 9.78 Å². The first-order chi connectivity index (χ1) is 11.3. The Kier molecular flexibility index (Phi) is 5.33. The molecule has 1 aromatic heterocycles. The molecule has 1 N–H and O–H groups in total. The number of carbonyl (C=O) groups excluding carboxylic acids is 1. The van der Waals surface area contributed by atoms with E-state index in [9.17, 15) is 4.79 Å². The highest BCUT2D eigenvalue weighted by atomic mass is 16.5. The Hall–Kier alpha value is -1.82. The maximum absolute atomic E-state index is 12.6. The number of hydrogen-bond acceptors (Lipinski definition) is 3. The lowest BCUT2D eigenvalue weighted by Crippen LogP contribution is -2.45. The molecule has 1 unspecified atom stereocenters. The van der Waals surface area contributed by atoms with Crippen molar-refractivity contribution in [3.8, 4) is 0 Å². The van der Waals surface area contributed by atoms with Crippen LogP contribution in [0.15, 0.2) is 25.0 Å². The Bertz CT molecular complexity index is 536. The third-order valence-corrected chi connectivity index (χ3v) is 4.63. The molecule has 1 aromatic rings. The number of urea groups is 1. The summed E-state index contributed by atoms with van der Waals surface area (Å²) in [7, 11) is 0. The third-order valence-electron chi connectivity index (χ3n) is 4.63. The van der Waals surface area contributed by atoms with Crippen molar-refractivity contribution in [2.45, 2.75) is 44.8 Å². The van der Waals surface area contributed by atoms with Crippen molar-refractivity contribution in [2.75, 3.05) is 19.8 Å². The lowest BCUT2D eigenvalue weighted by Gasteiger charge is -2.26. The van der Waals surface area contributed by atoms with Crippen molar-refractivity contribution in [3.05, 3.63) is 30.9 Å². The van der Waals surface area contributed by atoms with Crippen LogP contribution in [0.4, 0.5) is 4.79 Å². The summed E-state index contributed by atoms with van der Waals surface area (Å²) in [6.45, 7) is 6.93. The lowest BCUT2D eigenvalue weighted by atomic mass is 10.1. The van der Waals surface area contributed by atoms with Crippen molar-refractivity contribution < 1.29 is 9.53 Å². The molecule has 2 heterocycles. The van der Waals surface area contributed by atoms with Gasteiger partial charge in [0.1, 0.15) is 5.82 Å². The number of imidazole rings is 1. The van der Waals surface area contributed by atoms with Crippen molar-refractivity contribution in [3.63, 3.8) is 0 Å². The number of aromatic nitrogens is 2. The molecule has 1 saturated carbocycles. The van der Waals surface area contributed by atoms with Gasteiger partial charge in [0.05, 0.1) is 19.8 Å². The van der Waals surface area contributed by atoms with E-state index in [2.05, 4.69) is 21.4 Å². The monoisotopic (exact) mass is 318 g/mol. The SMILES string of the molecule is C=CCOCC1CN(C(=O)NC2CCCC2)Cc2nccn2C1. The number of nitrogens with one attached hydrogen (secondary N) is 1. The van der Waals surface area contributed by atoms with Gasteiger partial charge < -0.3 is 19.5 Å². The van der Waals surface area contributed by atoms with E-state index < -0.39 is 0 Å². The van der Waals surface area contributed by atoms with Gasteiger partial charge in [0.15, 0.2) is 0 Å². The molecule has 126 valence electrons. The lowest BCUT2D eigenvalue weighted by molar-refractivity contribution is 0.100. The second kappa shape index (κ2) is 7.64. The normalized spacial score (nSPS) is 21.7. The van der Waals surface area contributed by atoms with E-state index in [0.29, 0.717) is 32.3 Å². The molecule has 1 atom stereocenters. The van der Waals surface area contributed by atoms with Crippen molar-refractivity contribution in [1.82, 2.24) is 19.8 Å². The number of rotatable bonds is 5. The van der Waals surface area contributed by atoms with Crippen LogP contribution in [0.25, 0.3) is 0 Å². The van der Waals surface area contributed by atoms with E-state index in [0.717, 1.165) is 25.2 Å². The van der Waals surface area contributed by atoms with Crippen LogP contribution in [-0.2, 0) is 17.8 Å². The summed E-state index contributed by atoms with van der Waals surface area (Å²) in [6, 6.07) is 0.364. The van der Waals surface area contributed by atoms with Crippen molar-refractivity contribution in [2.24, 2.45) is 5.92 Å². The van der Waals surface area contributed by atoms with Crippen molar-refractivity contribution >= 4 is 6.03 Å². The maximum atomic E-state index is 12.6. The Morgan fingerprint density at radius 2 is 2.26 bits per heavy atom. The average molecular weight is 318 g/mol. The summed E-state index contributed by atoms with van der Waals surface area (Å²) < 4.78 is 7.75. The molecular formula is C17H26N4O2. The van der Waals surface area contributed by atoms with Crippen LogP contribution in [0.3, 0.4) is 0 Å². The quantitative estimate of drug-likeness (QED) is 0.668. The largest absolute Gasteiger partial charge is 0.377 e. The van der Waals surface area contributed by atoms with Crippen LogP contribution >= 0.6 is 0 Å². The minimum Gasteiger partial charge on any atom is -0.377 e. The molecule has 0 aromatic carbocycles. The molecule has 1 fully saturated rings. The van der Waals surface area contributed by atoms with Gasteiger partial charge in [-0.1, -0.05) is 18.9 Å². The van der Waals surface area contributed by atoms with E-state index in [4.69, 9.17) is 4.74 Å². The smallest absolute Gasteiger partial charge is 0.318 e. The highest BCUT2D eigenvalue weighted by molar-refractivity contribution is 5.74. The standard InChI is InChI=1S/C17H26N4O2/c1-2-9-23-13-14-10-20-8-7-18-16(20)12-21(11-14)17(22)19-15-5-3-4-6-15/h2,7-8,14-15H,1,3-6,9-13H2,(H,19,22). The Morgan fingerprint density at radius 3 is 3.04 bits per heavy atom. The summed E-state index contributed by atoms with van der Waals surface area (Å²) in [4.78, 5) is 18.9. The molecule has 1 aliphatic carbocycles. The van der Waals surface area contributed by atoms with E-state index in [1.165, 1.54) is 12.8 Å². The second-order valence-electron chi connectivity index (χ2n) is 6.50. The number of hydrogen-bond donors (Lipinski definition) is 1. The van der Waals surface area contributed by atoms with Gasteiger partial charge in [-0.2, -0.15) is 0 Å². The molecule has 6 heteroatoms. The van der Waals surface area contributed by atoms with Crippen LogP contribution in [0, 0.1) is 5.92 Å². The fourth-order valence-corrected chi connectivity index (χ4v) is 3.45. The molecular weight excluding hydrogens is 292 g/mol. The molecule has 0 saturated heterocycles. The Morgan fingerprint density at radius 1 is 1.43 bits per heavy atom. The molecule has 1 aliphatic heterocycles. The van der Waals surface area contributed by atoms with E-state index in [-0.39, 0.29) is 11.9 Å². The van der Waals surface area contributed by atoms with Gasteiger partial charge in [-0.15, -0.1) is 6.58 Å². The van der Waals surface area contributed by atoms with Crippen LogP contribution < -0.4 is 5.32 Å². The summed E-state index contributed by atoms with van der Waals surface area (Å²) in [6.07, 6.45) is 10.2. The highest BCUT2D eigenvalue weighted by Crippen LogP contribution is 2.20. The zero-order valence-electron chi connectivity index (χ0n) is 13.6. The number of ether oxygens (including phenoxy) is 1. The zero-order valence-corrected chi connectivity index (χ0v) is 13.6. The van der Waals surface area contributed by atoms with Crippen LogP contribution in [-0.4, -0.2) is 46.3 Å². The summed E-state index contributed by atoms with van der Waals surface area (Å²) >= 11 is 0. The fourth-order valence-electron chi connectivity index (χ4n) is 3.45. The van der Waals surface area contributed by atoms with Gasteiger partial charge in [-0.05, 0) is 12.8 Å². The van der Waals surface area contributed by atoms with Gasteiger partial charge in [0.2, 0.25) is 0 Å². The first-order valence-corrected chi connectivity index (χ1v) is 8.50. The summed E-state index contributed by atoms with van der Waals surface area (Å²) in [5.74, 6) is 1.21. The number of fused-ring (bicyclic) bond motifs is 1. The Labute approximate surface area is 137 Å². The number of nitrogens with zero attached hydrogens (tertiary/aromatic N) is 3. The van der Waals surface area contributed by atoms with E-state index >= 15 is 0 Å². The predicted octanol–water partition coefficient (Wildman–Crippen LogP) is 2.17. The average Bonchev–Trinajstić information content (AvgIpc) is 3.16. The van der Waals surface area contributed by atoms with E-state index in [1.54, 1.807) is 12.3 Å². The van der Waals surface area contributed by atoms with Crippen LogP contribution in [0.2, 0.25) is 0 Å². The van der Waals surface area contributed by atoms with E-state index in [1.807, 2.05) is 11.1 Å². The first kappa shape index (κ1) is 16.1. The molecule has 2 aliphatic rings. The summed E-state index contributed by atoms with van der Waals surface area (Å²) in [5.41, 5.74) is 0. The minimum atomic E-state index is 0.0297. The molecule has 0 spiro atoms. The molecule has 6 nitrogen and oxygen atoms in total. The van der Waals surface area contributed by atoms with Gasteiger partial charge in [0, 0.05) is 37.4 Å². The minimum absolute atomic E-state index is 0.0297. The highest BCUT2D eigenvalue weighted by Gasteiger charge is 2.27.